The molecular weight excluding hydrogens is 485 g/mol. The molecule has 0 saturated heterocycles. The fraction of sp³-hybridized carbons (Fsp3) is 0. The van der Waals surface area contributed by atoms with E-state index in [9.17, 15) is 0 Å². The van der Waals surface area contributed by atoms with Crippen molar-refractivity contribution in [1.29, 1.82) is 0 Å². The molecule has 0 bridgehead atoms. The van der Waals surface area contributed by atoms with Crippen LogP contribution in [0.5, 0.6) is 0 Å². The van der Waals surface area contributed by atoms with Crippen LogP contribution in [0.1, 0.15) is 0 Å². The van der Waals surface area contributed by atoms with Gasteiger partial charge in [-0.15, -0.1) is 0 Å². The minimum absolute atomic E-state index is 0. The van der Waals surface area contributed by atoms with Gasteiger partial charge in [0, 0.05) is 35.6 Å². The van der Waals surface area contributed by atoms with Crippen molar-refractivity contribution in [1.82, 2.24) is 0 Å². The first-order valence-corrected chi connectivity index (χ1v) is 3.85. The van der Waals surface area contributed by atoms with Gasteiger partial charge in [-0.3, -0.25) is 0 Å². The van der Waals surface area contributed by atoms with Crippen molar-refractivity contribution in [3.8, 4) is 0 Å². The fourth-order valence-electron chi connectivity index (χ4n) is 0. The van der Waals surface area contributed by atoms with Crippen LogP contribution < -0.4 is 0 Å². The summed E-state index contributed by atoms with van der Waals surface area (Å²) in [4.78, 5) is 0. The Balaban J connectivity index is -0.0000000450. The number of hydrogen-bond acceptors (Lipinski definition) is 1. The summed E-state index contributed by atoms with van der Waals surface area (Å²) in [6, 6.07) is 0. The predicted octanol–water partition coefficient (Wildman–Crippen LogP) is -2.15. The molecule has 0 heterocycles. The van der Waals surface area contributed by atoms with Gasteiger partial charge in [-0.25, -0.2) is 0 Å². The summed E-state index contributed by atoms with van der Waals surface area (Å²) < 4.78 is 23.3. The molecule has 0 atom stereocenters. The molecule has 0 rings (SSSR count). The molecule has 0 spiro atoms. The van der Waals surface area contributed by atoms with Crippen molar-refractivity contribution < 1.29 is 67.4 Å². The van der Waals surface area contributed by atoms with Crippen molar-refractivity contribution in [2.24, 2.45) is 0 Å². The Bertz CT molecular complexity index is 33.8. The molecular formula is H4LaO3PbZr. The van der Waals surface area contributed by atoms with Gasteiger partial charge in [0.2, 0.25) is 0 Å². The standard InChI is InChI=1S/La.2H2O.O.Pb.Zr.2H/h;2*1H2;;;;;/q;;;;;+2;;/p-2. The van der Waals surface area contributed by atoms with E-state index in [-0.39, 0.29) is 62.9 Å². The Morgan fingerprint density at radius 2 is 1.33 bits per heavy atom. The zero-order chi connectivity index (χ0) is 3.58. The normalized spacial score (nSPS) is 4.33. The van der Waals surface area contributed by atoms with Gasteiger partial charge in [0.1, 0.15) is 0 Å². The van der Waals surface area contributed by atoms with E-state index in [1.807, 2.05) is 0 Å². The Kier molecular flexibility index (Phi) is 28.2. The second-order valence-corrected chi connectivity index (χ2v) is 1.67. The van der Waals surface area contributed by atoms with E-state index < -0.39 is 22.6 Å². The Morgan fingerprint density at radius 1 is 1.33 bits per heavy atom. The van der Waals surface area contributed by atoms with Gasteiger partial charge >= 0.3 is 59.1 Å². The Morgan fingerprint density at radius 3 is 1.33 bits per heavy atom. The topological polar surface area (TPSA) is 57.5 Å². The van der Waals surface area contributed by atoms with Crippen LogP contribution in [0.25, 0.3) is 0 Å². The van der Waals surface area contributed by atoms with Crippen LogP contribution in [0.2, 0.25) is 0 Å². The Labute approximate surface area is 92.6 Å². The third-order valence-corrected chi connectivity index (χ3v) is 0. The molecule has 0 aliphatic heterocycles. The Hall–Kier alpha value is 2.72. The van der Waals surface area contributed by atoms with Crippen molar-refractivity contribution in [2.75, 3.05) is 0 Å². The summed E-state index contributed by atoms with van der Waals surface area (Å²) >= 11 is -3.79. The van der Waals surface area contributed by atoms with Gasteiger partial charge in [-0.05, 0) is 0 Å². The van der Waals surface area contributed by atoms with Gasteiger partial charge in [0.05, 0.1) is 0 Å². The van der Waals surface area contributed by atoms with E-state index >= 15 is 0 Å². The molecule has 33 valence electrons. The molecule has 2 N–H and O–H groups in total. The zero-order valence-electron chi connectivity index (χ0n) is 3.09. The first-order chi connectivity index (χ1) is 1.73. The average molecular weight is 489 g/mol. The van der Waals surface area contributed by atoms with Crippen LogP contribution in [0.3, 0.4) is 0 Å². The third kappa shape index (κ3) is 29.7. The predicted molar refractivity (Wildman–Crippen MR) is 13.7 cm³/mol. The fourth-order valence-corrected chi connectivity index (χ4v) is 0. The summed E-state index contributed by atoms with van der Waals surface area (Å²) in [6.45, 7) is 0. The summed E-state index contributed by atoms with van der Waals surface area (Å²) in [7, 11) is 0. The van der Waals surface area contributed by atoms with Crippen LogP contribution in [0.4, 0.5) is 0 Å². The molecule has 0 aliphatic rings. The van der Waals surface area contributed by atoms with Crippen LogP contribution in [-0.4, -0.2) is 33.7 Å². The molecule has 3 nitrogen and oxygen atoms in total. The molecule has 0 fully saturated rings. The maximum atomic E-state index is 8.84. The molecule has 0 aromatic heterocycles. The van der Waals surface area contributed by atoms with Gasteiger partial charge in [0.25, 0.3) is 0 Å². The first-order valence-electron chi connectivity index (χ1n) is 0.651. The molecule has 0 unspecified atom stereocenters. The zero-order valence-corrected chi connectivity index (χ0v) is 14.7. The van der Waals surface area contributed by atoms with E-state index in [4.69, 9.17) is 9.18 Å². The first kappa shape index (κ1) is 15.9. The quantitative estimate of drug-likeness (QED) is 0.382. The number of rotatable bonds is 0. The molecule has 6 heavy (non-hydrogen) atoms. The van der Waals surface area contributed by atoms with E-state index in [1.54, 1.807) is 0 Å². The van der Waals surface area contributed by atoms with Crippen molar-refractivity contribution >= 4 is 27.3 Å². The van der Waals surface area contributed by atoms with Crippen molar-refractivity contribution in [3.63, 3.8) is 0 Å². The molecule has 0 amide bonds. The van der Waals surface area contributed by atoms with Crippen LogP contribution in [0, 0.1) is 35.6 Å². The van der Waals surface area contributed by atoms with Crippen LogP contribution in [-0.2, 0) is 25.4 Å². The van der Waals surface area contributed by atoms with E-state index in [2.05, 4.69) is 0 Å². The van der Waals surface area contributed by atoms with Crippen molar-refractivity contribution in [2.45, 2.75) is 0 Å². The van der Waals surface area contributed by atoms with Crippen LogP contribution in [0.15, 0.2) is 0 Å². The van der Waals surface area contributed by atoms with E-state index in [0.29, 0.717) is 0 Å². The summed E-state index contributed by atoms with van der Waals surface area (Å²) in [5.74, 6) is 0. The monoisotopic (exact) mass is 489 g/mol. The molecule has 6 heteroatoms. The van der Waals surface area contributed by atoms with Gasteiger partial charge in [-0.1, -0.05) is 0 Å². The van der Waals surface area contributed by atoms with E-state index in [0.717, 1.165) is 0 Å². The summed E-state index contributed by atoms with van der Waals surface area (Å²) in [5, 5.41) is 0. The molecule has 0 aliphatic carbocycles. The SMILES string of the molecule is [La].[O]=[Zr]([OH])[OH].[PbH2]. The maximum absolute atomic E-state index is 8.84. The molecule has 0 aromatic carbocycles. The second-order valence-electron chi connectivity index (χ2n) is 0.283. The average Bonchev–Trinajstić information content (AvgIpc) is 0.811. The van der Waals surface area contributed by atoms with Gasteiger partial charge < -0.3 is 0 Å². The number of hydrogen-bond donors (Lipinski definition) is 2. The van der Waals surface area contributed by atoms with Crippen molar-refractivity contribution in [3.05, 3.63) is 0 Å². The van der Waals surface area contributed by atoms with Crippen LogP contribution >= 0.6 is 0 Å². The second kappa shape index (κ2) is 10.7. The van der Waals surface area contributed by atoms with Gasteiger partial charge in [0.15, 0.2) is 0 Å². The molecule has 0 aromatic rings. The minimum atomic E-state index is -3.79. The summed E-state index contributed by atoms with van der Waals surface area (Å²) in [6.07, 6.45) is 0. The third-order valence-electron chi connectivity index (χ3n) is 0. The van der Waals surface area contributed by atoms with E-state index in [1.165, 1.54) is 0 Å². The molecule has 0 saturated carbocycles. The molecule has 3 radical (unpaired) electrons. The van der Waals surface area contributed by atoms with Gasteiger partial charge in [-0.2, -0.15) is 0 Å². The summed E-state index contributed by atoms with van der Waals surface area (Å²) in [5.41, 5.74) is 0.